The third kappa shape index (κ3) is 4.87. The van der Waals surface area contributed by atoms with Gasteiger partial charge in [-0.1, -0.05) is 18.2 Å². The molecule has 4 rings (SSSR count). The van der Waals surface area contributed by atoms with Gasteiger partial charge in [0, 0.05) is 17.8 Å². The summed E-state index contributed by atoms with van der Waals surface area (Å²) in [7, 11) is 0. The Balaban J connectivity index is 1.47. The van der Waals surface area contributed by atoms with Gasteiger partial charge in [-0.15, -0.1) is 21.5 Å². The number of rotatable bonds is 8. The topological polar surface area (TPSA) is 140 Å². The van der Waals surface area contributed by atoms with Crippen LogP contribution in [0.15, 0.2) is 28.0 Å². The van der Waals surface area contributed by atoms with E-state index in [4.69, 9.17) is 10.2 Å². The van der Waals surface area contributed by atoms with Crippen LogP contribution < -0.4 is 11.1 Å². The van der Waals surface area contributed by atoms with Crippen molar-refractivity contribution in [3.63, 3.8) is 0 Å². The summed E-state index contributed by atoms with van der Waals surface area (Å²) in [6.07, 6.45) is 6.83. The second kappa shape index (κ2) is 10.0. The third-order valence-electron chi connectivity index (χ3n) is 5.16. The van der Waals surface area contributed by atoms with Crippen LogP contribution in [0.3, 0.4) is 0 Å². The minimum absolute atomic E-state index is 0.0836. The Hall–Kier alpha value is -3.10. The maximum atomic E-state index is 12.7. The number of amides is 2. The van der Waals surface area contributed by atoms with Crippen molar-refractivity contribution in [2.75, 3.05) is 11.1 Å². The van der Waals surface area contributed by atoms with Gasteiger partial charge >= 0.3 is 0 Å². The van der Waals surface area contributed by atoms with Gasteiger partial charge in [0.2, 0.25) is 11.8 Å². The highest BCUT2D eigenvalue weighted by atomic mass is 32.2. The van der Waals surface area contributed by atoms with Crippen molar-refractivity contribution in [2.45, 2.75) is 50.2 Å². The van der Waals surface area contributed by atoms with E-state index in [9.17, 15) is 14.9 Å². The molecule has 3 heterocycles. The summed E-state index contributed by atoms with van der Waals surface area (Å²) in [4.78, 5) is 25.2. The number of aromatic nitrogens is 3. The molecule has 0 saturated heterocycles. The Bertz CT molecular complexity index is 1160. The summed E-state index contributed by atoms with van der Waals surface area (Å²) >= 11 is 2.71. The number of nitrogens with zero attached hydrogens (tertiary/aromatic N) is 4. The van der Waals surface area contributed by atoms with Crippen LogP contribution in [0.2, 0.25) is 0 Å². The molecule has 9 nitrogen and oxygen atoms in total. The maximum Gasteiger partial charge on any atom is 0.235 e. The highest BCUT2D eigenvalue weighted by Gasteiger charge is 2.22. The second-order valence-corrected chi connectivity index (χ2v) is 9.42. The van der Waals surface area contributed by atoms with Gasteiger partial charge in [0.05, 0.1) is 17.6 Å². The van der Waals surface area contributed by atoms with Crippen LogP contribution in [-0.4, -0.2) is 32.3 Å². The number of primary amides is 1. The van der Waals surface area contributed by atoms with E-state index in [1.807, 2.05) is 0 Å². The maximum absolute atomic E-state index is 12.7. The third-order valence-corrected chi connectivity index (χ3v) is 7.33. The van der Waals surface area contributed by atoms with E-state index in [1.54, 1.807) is 16.7 Å². The Labute approximate surface area is 193 Å². The number of nitrogens with one attached hydrogen (secondary N) is 1. The van der Waals surface area contributed by atoms with Gasteiger partial charge in [-0.2, -0.15) is 5.26 Å². The number of nitrogens with two attached hydrogens (primary N) is 1. The average molecular weight is 471 g/mol. The Morgan fingerprint density at radius 3 is 2.91 bits per heavy atom. The van der Waals surface area contributed by atoms with Crippen molar-refractivity contribution in [1.29, 1.82) is 5.26 Å². The zero-order valence-electron chi connectivity index (χ0n) is 17.3. The lowest BCUT2D eigenvalue weighted by molar-refractivity contribution is -0.118. The fourth-order valence-electron chi connectivity index (χ4n) is 3.65. The lowest BCUT2D eigenvalue weighted by Gasteiger charge is -2.08. The van der Waals surface area contributed by atoms with Gasteiger partial charge in [0.15, 0.2) is 16.7 Å². The number of furan rings is 1. The summed E-state index contributed by atoms with van der Waals surface area (Å²) in [5.74, 6) is 0.386. The number of hydrogen-bond acceptors (Lipinski definition) is 8. The first-order valence-electron chi connectivity index (χ1n) is 10.3. The molecule has 2 amide bonds. The SMILES string of the molecule is N#Cc1c(NC(=O)CSc2nnc(-c3ccco3)n2CCC(N)=O)sc2c1CCCCC2. The molecule has 3 aromatic rings. The molecule has 1 aliphatic carbocycles. The highest BCUT2D eigenvalue weighted by molar-refractivity contribution is 7.99. The van der Waals surface area contributed by atoms with Gasteiger partial charge in [0.1, 0.15) is 11.1 Å². The zero-order valence-corrected chi connectivity index (χ0v) is 18.9. The molecule has 0 spiro atoms. The van der Waals surface area contributed by atoms with Crippen LogP contribution in [-0.2, 0) is 29.0 Å². The first-order chi connectivity index (χ1) is 15.6. The molecule has 0 saturated carbocycles. The largest absolute Gasteiger partial charge is 0.461 e. The monoisotopic (exact) mass is 470 g/mol. The Morgan fingerprint density at radius 1 is 1.31 bits per heavy atom. The molecule has 166 valence electrons. The summed E-state index contributed by atoms with van der Waals surface area (Å²) in [5, 5.41) is 22.0. The molecule has 0 radical (unpaired) electrons. The molecule has 32 heavy (non-hydrogen) atoms. The molecular formula is C21H22N6O3S2. The molecule has 0 unspecified atom stereocenters. The van der Waals surface area contributed by atoms with Crippen molar-refractivity contribution in [2.24, 2.45) is 5.73 Å². The highest BCUT2D eigenvalue weighted by Crippen LogP contribution is 2.37. The molecule has 0 aromatic carbocycles. The molecule has 0 fully saturated rings. The van der Waals surface area contributed by atoms with E-state index in [0.29, 0.717) is 27.3 Å². The number of aryl methyl sites for hydroxylation is 1. The van der Waals surface area contributed by atoms with Crippen molar-refractivity contribution in [3.05, 3.63) is 34.4 Å². The minimum atomic E-state index is -0.445. The van der Waals surface area contributed by atoms with E-state index in [-0.39, 0.29) is 24.6 Å². The summed E-state index contributed by atoms with van der Waals surface area (Å²) < 4.78 is 7.12. The molecular weight excluding hydrogens is 448 g/mol. The lowest BCUT2D eigenvalue weighted by atomic mass is 10.1. The normalized spacial score (nSPS) is 13.2. The van der Waals surface area contributed by atoms with Crippen LogP contribution in [0.25, 0.3) is 11.6 Å². The van der Waals surface area contributed by atoms with E-state index in [2.05, 4.69) is 21.6 Å². The molecule has 11 heteroatoms. The standard InChI is InChI=1S/C21H22N6O3S2/c22-11-14-13-5-2-1-3-7-16(13)32-20(14)24-18(29)12-31-21-26-25-19(15-6-4-10-30-15)27(21)9-8-17(23)28/h4,6,10H,1-3,5,7-9,12H2,(H2,23,28)(H,24,29). The Morgan fingerprint density at radius 2 is 2.16 bits per heavy atom. The fourth-order valence-corrected chi connectivity index (χ4v) is 5.67. The number of nitriles is 1. The quantitative estimate of drug-likeness (QED) is 0.380. The Kier molecular flexibility index (Phi) is 6.92. The molecule has 3 aromatic heterocycles. The summed E-state index contributed by atoms with van der Waals surface area (Å²) in [6.45, 7) is 0.276. The first kappa shape index (κ1) is 22.1. The van der Waals surface area contributed by atoms with Gasteiger partial charge in [-0.25, -0.2) is 0 Å². The second-order valence-electron chi connectivity index (χ2n) is 7.37. The predicted octanol–water partition coefficient (Wildman–Crippen LogP) is 3.35. The summed E-state index contributed by atoms with van der Waals surface area (Å²) in [5.41, 5.74) is 6.98. The number of hydrogen-bond donors (Lipinski definition) is 2. The van der Waals surface area contributed by atoms with E-state index in [0.717, 1.165) is 31.2 Å². The minimum Gasteiger partial charge on any atom is -0.461 e. The van der Waals surface area contributed by atoms with Crippen molar-refractivity contribution < 1.29 is 14.0 Å². The number of anilines is 1. The van der Waals surface area contributed by atoms with Crippen LogP contribution in [0.5, 0.6) is 0 Å². The number of carbonyl (C=O) groups is 2. The number of thiophene rings is 1. The van der Waals surface area contributed by atoms with E-state index < -0.39 is 5.91 Å². The first-order valence-corrected chi connectivity index (χ1v) is 12.1. The molecule has 1 aliphatic rings. The zero-order chi connectivity index (χ0) is 22.5. The van der Waals surface area contributed by atoms with Crippen LogP contribution >= 0.6 is 23.1 Å². The van der Waals surface area contributed by atoms with Crippen LogP contribution in [0.4, 0.5) is 5.00 Å². The van der Waals surface area contributed by atoms with Gasteiger partial charge in [-0.3, -0.25) is 14.2 Å². The van der Waals surface area contributed by atoms with E-state index in [1.165, 1.54) is 40.7 Å². The number of fused-ring (bicyclic) bond motifs is 1. The predicted molar refractivity (Wildman–Crippen MR) is 121 cm³/mol. The fraction of sp³-hybridized carbons (Fsp3) is 0.381. The van der Waals surface area contributed by atoms with Crippen molar-refractivity contribution >= 4 is 39.9 Å². The van der Waals surface area contributed by atoms with E-state index >= 15 is 0 Å². The van der Waals surface area contributed by atoms with Gasteiger partial charge in [-0.05, 0) is 43.4 Å². The van der Waals surface area contributed by atoms with Crippen LogP contribution in [0.1, 0.15) is 41.7 Å². The molecule has 0 atom stereocenters. The van der Waals surface area contributed by atoms with Crippen LogP contribution in [0, 0.1) is 11.3 Å². The number of carbonyl (C=O) groups excluding carboxylic acids is 2. The van der Waals surface area contributed by atoms with Gasteiger partial charge < -0.3 is 15.5 Å². The smallest absolute Gasteiger partial charge is 0.235 e. The number of thioether (sulfide) groups is 1. The molecule has 3 N–H and O–H groups in total. The molecule has 0 bridgehead atoms. The van der Waals surface area contributed by atoms with Crippen molar-refractivity contribution in [3.8, 4) is 17.7 Å². The lowest BCUT2D eigenvalue weighted by Crippen LogP contribution is -2.16. The average Bonchev–Trinajstić information content (AvgIpc) is 3.46. The molecule has 0 aliphatic heterocycles. The van der Waals surface area contributed by atoms with Gasteiger partial charge in [0.25, 0.3) is 0 Å². The summed E-state index contributed by atoms with van der Waals surface area (Å²) in [6, 6.07) is 5.75. The van der Waals surface area contributed by atoms with Crippen molar-refractivity contribution in [1.82, 2.24) is 14.8 Å².